The first kappa shape index (κ1) is 35.9. The average molecular weight is 702 g/mol. The second-order valence-corrected chi connectivity index (χ2v) is 25.1. The van der Waals surface area contributed by atoms with Gasteiger partial charge in [0.15, 0.2) is 0 Å². The summed E-state index contributed by atoms with van der Waals surface area (Å²) in [7, 11) is 0. The second kappa shape index (κ2) is 16.5. The van der Waals surface area contributed by atoms with Gasteiger partial charge >= 0.3 is 248 Å². The molecule has 0 saturated carbocycles. The van der Waals surface area contributed by atoms with Gasteiger partial charge in [-0.25, -0.2) is 4.39 Å². The molecule has 0 aliphatic rings. The van der Waals surface area contributed by atoms with Gasteiger partial charge in [0.1, 0.15) is 0 Å². The van der Waals surface area contributed by atoms with Crippen molar-refractivity contribution in [2.75, 3.05) is 0 Å². The van der Waals surface area contributed by atoms with Crippen LogP contribution in [0.15, 0.2) is 30.3 Å². The SMILES string of the molecule is CCC[CH2][Sn]([CH2]CCC)([CH2]CCC)[c]1ccc(CC(NC(=O)OC(C)(C)C)C(=O)Oc2cc(F)c(F)c(F)c2F)cc1. The van der Waals surface area contributed by atoms with E-state index >= 15 is 0 Å². The minimum absolute atomic E-state index is 0.0481. The Labute approximate surface area is 251 Å². The molecule has 0 heterocycles. The molecule has 234 valence electrons. The van der Waals surface area contributed by atoms with Crippen LogP contribution in [-0.4, -0.2) is 42.1 Å². The van der Waals surface area contributed by atoms with Crippen molar-refractivity contribution >= 4 is 34.0 Å². The van der Waals surface area contributed by atoms with E-state index in [-0.39, 0.29) is 12.5 Å². The first-order valence-corrected chi connectivity index (χ1v) is 22.4. The Morgan fingerprint density at radius 1 is 0.833 bits per heavy atom. The van der Waals surface area contributed by atoms with Gasteiger partial charge in [-0.3, -0.25) is 0 Å². The number of nitrogens with one attached hydrogen (secondary N) is 1. The summed E-state index contributed by atoms with van der Waals surface area (Å²) in [6.45, 7) is 11.6. The first-order chi connectivity index (χ1) is 19.8. The van der Waals surface area contributed by atoms with Gasteiger partial charge < -0.3 is 0 Å². The molecule has 0 aliphatic carbocycles. The van der Waals surface area contributed by atoms with Crippen LogP contribution in [0.3, 0.4) is 0 Å². The van der Waals surface area contributed by atoms with Crippen molar-refractivity contribution in [1.82, 2.24) is 5.32 Å². The number of esters is 1. The van der Waals surface area contributed by atoms with E-state index < -0.39 is 71.1 Å². The number of ether oxygens (including phenoxy) is 2. The molecule has 2 rings (SSSR count). The van der Waals surface area contributed by atoms with Crippen LogP contribution < -0.4 is 13.6 Å². The quantitative estimate of drug-likeness (QED) is 0.0507. The number of amides is 1. The maximum atomic E-state index is 14.2. The van der Waals surface area contributed by atoms with Gasteiger partial charge in [0.25, 0.3) is 0 Å². The van der Waals surface area contributed by atoms with Crippen LogP contribution in [0.25, 0.3) is 0 Å². The Morgan fingerprint density at radius 3 is 1.83 bits per heavy atom. The topological polar surface area (TPSA) is 64.6 Å². The number of unbranched alkanes of at least 4 members (excludes halogenated alkanes) is 3. The van der Waals surface area contributed by atoms with E-state index in [1.54, 1.807) is 20.8 Å². The second-order valence-electron chi connectivity index (χ2n) is 11.9. The summed E-state index contributed by atoms with van der Waals surface area (Å²) in [5.41, 5.74) is -0.170. The number of hydrogen-bond donors (Lipinski definition) is 1. The summed E-state index contributed by atoms with van der Waals surface area (Å²) < 4.78 is 70.6. The summed E-state index contributed by atoms with van der Waals surface area (Å²) in [4.78, 5) is 25.6. The summed E-state index contributed by atoms with van der Waals surface area (Å²) in [5, 5.41) is 2.42. The zero-order valence-electron chi connectivity index (χ0n) is 25.7. The summed E-state index contributed by atoms with van der Waals surface area (Å²) in [6, 6.07) is 7.02. The molecule has 0 radical (unpaired) electrons. The number of hydrogen-bond acceptors (Lipinski definition) is 4. The van der Waals surface area contributed by atoms with E-state index in [1.165, 1.54) is 36.2 Å². The van der Waals surface area contributed by atoms with Crippen molar-refractivity contribution in [3.8, 4) is 5.75 Å². The van der Waals surface area contributed by atoms with E-state index in [1.807, 2.05) is 12.1 Å². The van der Waals surface area contributed by atoms with Gasteiger partial charge in [0.05, 0.1) is 0 Å². The van der Waals surface area contributed by atoms with Gasteiger partial charge in [0.2, 0.25) is 0 Å². The molecular formula is C32H45F4NO4Sn. The molecule has 0 spiro atoms. The molecule has 2 aromatic carbocycles. The Morgan fingerprint density at radius 2 is 1.36 bits per heavy atom. The monoisotopic (exact) mass is 703 g/mol. The van der Waals surface area contributed by atoms with Gasteiger partial charge in [-0.05, 0) is 0 Å². The Kier molecular flexibility index (Phi) is 14.1. The zero-order valence-corrected chi connectivity index (χ0v) is 28.5. The number of carbonyl (C=O) groups excluding carboxylic acids is 2. The van der Waals surface area contributed by atoms with Crippen LogP contribution in [0, 0.1) is 23.3 Å². The molecular weight excluding hydrogens is 657 g/mol. The van der Waals surface area contributed by atoms with Crippen LogP contribution >= 0.6 is 0 Å². The third-order valence-electron chi connectivity index (χ3n) is 7.29. The van der Waals surface area contributed by atoms with Crippen molar-refractivity contribution in [3.63, 3.8) is 0 Å². The standard InChI is InChI=1S/C20H18F4NO4.3C4H9.Sn/c1-20(2,3)29-19(27)25-13(9-11-7-5-4-6-8-11)18(26)28-14-10-12(21)15(22)17(24)16(14)23;3*1-3-4-2;/h5-8,10,13H,9H2,1-3H3,(H,25,27);3*1,3-4H2,2H3;. The molecule has 1 atom stereocenters. The fourth-order valence-electron chi connectivity index (χ4n) is 5.03. The molecule has 1 amide bonds. The van der Waals surface area contributed by atoms with Gasteiger partial charge in [-0.1, -0.05) is 0 Å². The molecule has 1 unspecified atom stereocenters. The predicted molar refractivity (Wildman–Crippen MR) is 160 cm³/mol. The van der Waals surface area contributed by atoms with Crippen LogP contribution in [0.4, 0.5) is 22.4 Å². The Balaban J connectivity index is 2.38. The van der Waals surface area contributed by atoms with E-state index in [0.717, 1.165) is 19.3 Å². The number of alkyl carbamates (subject to hydrolysis) is 1. The molecule has 10 heteroatoms. The van der Waals surface area contributed by atoms with Crippen molar-refractivity contribution in [2.24, 2.45) is 0 Å². The van der Waals surface area contributed by atoms with Crippen molar-refractivity contribution in [1.29, 1.82) is 0 Å². The zero-order chi connectivity index (χ0) is 31.5. The fourth-order valence-corrected chi connectivity index (χ4v) is 21.0. The summed E-state index contributed by atoms with van der Waals surface area (Å²) in [6.07, 6.45) is 6.10. The summed E-state index contributed by atoms with van der Waals surface area (Å²) in [5.74, 6) is -9.99. The molecule has 0 aromatic heterocycles. The van der Waals surface area contributed by atoms with Crippen molar-refractivity contribution in [3.05, 3.63) is 59.2 Å². The van der Waals surface area contributed by atoms with Crippen LogP contribution in [0.1, 0.15) is 85.6 Å². The third-order valence-corrected chi connectivity index (χ3v) is 23.0. The third kappa shape index (κ3) is 10.5. The van der Waals surface area contributed by atoms with Crippen LogP contribution in [0.5, 0.6) is 5.75 Å². The number of benzene rings is 2. The van der Waals surface area contributed by atoms with Crippen molar-refractivity contribution in [2.45, 2.75) is 111 Å². The Hall–Kier alpha value is -2.30. The minimum atomic E-state index is -2.70. The van der Waals surface area contributed by atoms with E-state index in [9.17, 15) is 27.2 Å². The normalized spacial score (nSPS) is 12.6. The molecule has 0 saturated heterocycles. The summed E-state index contributed by atoms with van der Waals surface area (Å²) >= 11 is -2.70. The number of carbonyl (C=O) groups is 2. The molecule has 5 nitrogen and oxygen atoms in total. The van der Waals surface area contributed by atoms with Gasteiger partial charge in [-0.15, -0.1) is 0 Å². The molecule has 42 heavy (non-hydrogen) atoms. The first-order valence-electron chi connectivity index (χ1n) is 14.9. The number of rotatable bonds is 15. The maximum absolute atomic E-state index is 14.2. The van der Waals surface area contributed by atoms with E-state index in [0.29, 0.717) is 5.56 Å². The molecule has 0 aliphatic heterocycles. The van der Waals surface area contributed by atoms with E-state index in [2.05, 4.69) is 38.2 Å². The van der Waals surface area contributed by atoms with Crippen LogP contribution in [-0.2, 0) is 16.0 Å². The van der Waals surface area contributed by atoms with Gasteiger partial charge in [0, 0.05) is 0 Å². The molecule has 1 N–H and O–H groups in total. The average Bonchev–Trinajstić information content (AvgIpc) is 2.93. The van der Waals surface area contributed by atoms with Crippen molar-refractivity contribution < 1.29 is 36.6 Å². The van der Waals surface area contributed by atoms with Gasteiger partial charge in [-0.2, -0.15) is 0 Å². The Bertz CT molecular complexity index is 1160. The molecule has 0 fully saturated rings. The van der Waals surface area contributed by atoms with E-state index in [4.69, 9.17) is 9.47 Å². The predicted octanol–water partition coefficient (Wildman–Crippen LogP) is 8.34. The number of halogens is 4. The molecule has 0 bridgehead atoms. The molecule has 2 aromatic rings. The van der Waals surface area contributed by atoms with Crippen LogP contribution in [0.2, 0.25) is 13.3 Å². The fraction of sp³-hybridized carbons (Fsp3) is 0.562.